The van der Waals surface area contributed by atoms with Crippen LogP contribution in [0.3, 0.4) is 0 Å². The fourth-order valence-electron chi connectivity index (χ4n) is 3.50. The summed E-state index contributed by atoms with van der Waals surface area (Å²) in [5.74, 6) is 0.401. The lowest BCUT2D eigenvalue weighted by atomic mass is 10.1. The van der Waals surface area contributed by atoms with Crippen LogP contribution in [0.15, 0.2) is 83.9 Å². The predicted molar refractivity (Wildman–Crippen MR) is 138 cm³/mol. The molecule has 3 aromatic carbocycles. The molecule has 34 heavy (non-hydrogen) atoms. The lowest BCUT2D eigenvalue weighted by Gasteiger charge is -2.32. The molecule has 0 spiro atoms. The topological polar surface area (TPSA) is 71.0 Å². The van der Waals surface area contributed by atoms with E-state index in [1.165, 1.54) is 11.8 Å². The van der Waals surface area contributed by atoms with Crippen molar-refractivity contribution in [2.75, 3.05) is 19.0 Å². The van der Waals surface area contributed by atoms with Crippen molar-refractivity contribution in [3.8, 4) is 5.75 Å². The van der Waals surface area contributed by atoms with Gasteiger partial charge >= 0.3 is 0 Å². The number of carbonyl (C=O) groups excluding carboxylic acids is 2. The minimum Gasteiger partial charge on any atom is -0.497 e. The third kappa shape index (κ3) is 6.18. The first-order valence-corrected chi connectivity index (χ1v) is 12.1. The quantitative estimate of drug-likeness (QED) is 0.468. The summed E-state index contributed by atoms with van der Waals surface area (Å²) in [6.45, 7) is 0.465. The highest BCUT2D eigenvalue weighted by atomic mass is 35.5. The summed E-state index contributed by atoms with van der Waals surface area (Å²) in [6, 6.07) is 24.1. The summed E-state index contributed by atoms with van der Waals surface area (Å²) in [5, 5.41) is 3.31. The molecule has 1 fully saturated rings. The first kappa shape index (κ1) is 23.9. The van der Waals surface area contributed by atoms with E-state index in [2.05, 4.69) is 5.32 Å². The number of methoxy groups -OCH3 is 1. The first-order chi connectivity index (χ1) is 16.5. The lowest BCUT2D eigenvalue weighted by Crippen LogP contribution is -2.46. The van der Waals surface area contributed by atoms with Crippen molar-refractivity contribution in [3.63, 3.8) is 0 Å². The molecule has 1 aliphatic heterocycles. The van der Waals surface area contributed by atoms with E-state index in [9.17, 15) is 9.59 Å². The van der Waals surface area contributed by atoms with Crippen molar-refractivity contribution in [2.24, 2.45) is 4.99 Å². The molecule has 6 nitrogen and oxygen atoms in total. The molecule has 0 aromatic heterocycles. The number of amides is 2. The number of rotatable bonds is 7. The molecule has 0 saturated carbocycles. The molecule has 1 saturated heterocycles. The Labute approximate surface area is 208 Å². The number of carbonyl (C=O) groups is 2. The molecule has 8 heteroatoms. The van der Waals surface area contributed by atoms with Crippen LogP contribution in [0.25, 0.3) is 0 Å². The van der Waals surface area contributed by atoms with Crippen LogP contribution < -0.4 is 10.1 Å². The Morgan fingerprint density at radius 1 is 1.12 bits per heavy atom. The second kappa shape index (κ2) is 11.2. The average molecular weight is 494 g/mol. The van der Waals surface area contributed by atoms with Gasteiger partial charge < -0.3 is 10.1 Å². The van der Waals surface area contributed by atoms with E-state index in [1.54, 1.807) is 36.3 Å². The van der Waals surface area contributed by atoms with Crippen LogP contribution in [-0.2, 0) is 16.0 Å². The van der Waals surface area contributed by atoms with E-state index in [-0.39, 0.29) is 18.2 Å². The number of halogens is 1. The molecular formula is C26H24ClN3O3S. The second-order valence-corrected chi connectivity index (χ2v) is 9.29. The Hall–Kier alpha value is -3.29. The molecular weight excluding hydrogens is 470 g/mol. The molecule has 1 N–H and O–H groups in total. The highest BCUT2D eigenvalue weighted by Gasteiger charge is 2.35. The van der Waals surface area contributed by atoms with Gasteiger partial charge in [0.2, 0.25) is 11.8 Å². The number of aliphatic imine (C=N–C) groups is 1. The zero-order valence-corrected chi connectivity index (χ0v) is 20.2. The van der Waals surface area contributed by atoms with E-state index < -0.39 is 5.25 Å². The summed E-state index contributed by atoms with van der Waals surface area (Å²) < 4.78 is 5.22. The molecule has 0 radical (unpaired) electrons. The van der Waals surface area contributed by atoms with Crippen molar-refractivity contribution < 1.29 is 14.3 Å². The molecule has 2 amide bonds. The van der Waals surface area contributed by atoms with Gasteiger partial charge in [0.15, 0.2) is 5.17 Å². The first-order valence-electron chi connectivity index (χ1n) is 10.8. The average Bonchev–Trinajstić information content (AvgIpc) is 2.84. The molecule has 0 aliphatic carbocycles. The smallest absolute Gasteiger partial charge is 0.238 e. The standard InChI is InChI=1S/C26H24ClN3O3S/c1-33-22-12-10-18(11-13-22)14-15-30-24(31)17-23(25(32)28-21-9-5-6-19(27)16-21)34-26(30)29-20-7-3-2-4-8-20/h2-13,16,23H,14-15,17H2,1H3,(H,28,32). The van der Waals surface area contributed by atoms with E-state index in [0.29, 0.717) is 28.8 Å². The normalized spacial score (nSPS) is 17.0. The van der Waals surface area contributed by atoms with Gasteiger partial charge in [-0.1, -0.05) is 59.8 Å². The maximum Gasteiger partial charge on any atom is 0.238 e. The van der Waals surface area contributed by atoms with Crippen LogP contribution in [0.5, 0.6) is 5.75 Å². The molecule has 174 valence electrons. The number of nitrogens with zero attached hydrogens (tertiary/aromatic N) is 2. The summed E-state index contributed by atoms with van der Waals surface area (Å²) >= 11 is 7.33. The monoisotopic (exact) mass is 493 g/mol. The molecule has 3 aromatic rings. The summed E-state index contributed by atoms with van der Waals surface area (Å²) in [5.41, 5.74) is 2.40. The fourth-order valence-corrected chi connectivity index (χ4v) is 4.81. The number of anilines is 1. The zero-order chi connectivity index (χ0) is 23.9. The number of hydrogen-bond acceptors (Lipinski definition) is 5. The number of benzene rings is 3. The maximum atomic E-state index is 13.1. The minimum atomic E-state index is -0.591. The van der Waals surface area contributed by atoms with Crippen molar-refractivity contribution in [2.45, 2.75) is 18.1 Å². The molecule has 1 atom stereocenters. The Morgan fingerprint density at radius 2 is 1.88 bits per heavy atom. The summed E-state index contributed by atoms with van der Waals surface area (Å²) in [4.78, 5) is 32.5. The SMILES string of the molecule is COc1ccc(CCN2C(=O)CC(C(=O)Nc3cccc(Cl)c3)SC2=Nc2ccccc2)cc1. The van der Waals surface area contributed by atoms with Gasteiger partial charge in [-0.2, -0.15) is 0 Å². The molecule has 0 bridgehead atoms. The minimum absolute atomic E-state index is 0.0908. The van der Waals surface area contributed by atoms with Gasteiger partial charge in [0, 0.05) is 23.7 Å². The van der Waals surface area contributed by atoms with E-state index >= 15 is 0 Å². The Kier molecular flexibility index (Phi) is 7.87. The van der Waals surface area contributed by atoms with Gasteiger partial charge in [-0.05, 0) is 54.4 Å². The van der Waals surface area contributed by atoms with E-state index in [0.717, 1.165) is 17.0 Å². The number of para-hydroxylation sites is 1. The Bertz CT molecular complexity index is 1190. The number of nitrogens with one attached hydrogen (secondary N) is 1. The number of ether oxygens (including phenoxy) is 1. The molecule has 1 heterocycles. The van der Waals surface area contributed by atoms with Crippen LogP contribution in [0.4, 0.5) is 11.4 Å². The number of thioether (sulfide) groups is 1. The largest absolute Gasteiger partial charge is 0.497 e. The zero-order valence-electron chi connectivity index (χ0n) is 18.6. The van der Waals surface area contributed by atoms with Gasteiger partial charge in [0.05, 0.1) is 12.8 Å². The third-order valence-electron chi connectivity index (χ3n) is 5.29. The van der Waals surface area contributed by atoms with E-state index in [4.69, 9.17) is 21.3 Å². The summed E-state index contributed by atoms with van der Waals surface area (Å²) in [7, 11) is 1.63. The lowest BCUT2D eigenvalue weighted by molar-refractivity contribution is -0.129. The Morgan fingerprint density at radius 3 is 2.59 bits per heavy atom. The Balaban J connectivity index is 1.52. The van der Waals surface area contributed by atoms with Gasteiger partial charge in [-0.3, -0.25) is 14.5 Å². The van der Waals surface area contributed by atoms with Gasteiger partial charge in [-0.15, -0.1) is 0 Å². The van der Waals surface area contributed by atoms with Crippen LogP contribution in [0.2, 0.25) is 5.02 Å². The van der Waals surface area contributed by atoms with Gasteiger partial charge in [0.1, 0.15) is 11.0 Å². The number of hydrogen-bond donors (Lipinski definition) is 1. The van der Waals surface area contributed by atoms with Crippen LogP contribution in [0, 0.1) is 0 Å². The van der Waals surface area contributed by atoms with Gasteiger partial charge in [-0.25, -0.2) is 4.99 Å². The van der Waals surface area contributed by atoms with Gasteiger partial charge in [0.25, 0.3) is 0 Å². The molecule has 4 rings (SSSR count). The van der Waals surface area contributed by atoms with Crippen LogP contribution in [0.1, 0.15) is 12.0 Å². The molecule has 1 aliphatic rings. The van der Waals surface area contributed by atoms with Crippen molar-refractivity contribution in [3.05, 3.63) is 89.4 Å². The maximum absolute atomic E-state index is 13.1. The van der Waals surface area contributed by atoms with Crippen molar-refractivity contribution in [1.29, 1.82) is 0 Å². The highest BCUT2D eigenvalue weighted by Crippen LogP contribution is 2.30. The van der Waals surface area contributed by atoms with Crippen molar-refractivity contribution in [1.82, 2.24) is 4.90 Å². The summed E-state index contributed by atoms with van der Waals surface area (Å²) in [6.07, 6.45) is 0.747. The van der Waals surface area contributed by atoms with Crippen LogP contribution >= 0.6 is 23.4 Å². The third-order valence-corrected chi connectivity index (χ3v) is 6.71. The molecule has 1 unspecified atom stereocenters. The van der Waals surface area contributed by atoms with Crippen molar-refractivity contribution >= 4 is 51.7 Å². The number of amidine groups is 1. The van der Waals surface area contributed by atoms with E-state index in [1.807, 2.05) is 54.6 Å². The van der Waals surface area contributed by atoms with Crippen LogP contribution in [-0.4, -0.2) is 40.8 Å². The highest BCUT2D eigenvalue weighted by molar-refractivity contribution is 8.15. The second-order valence-electron chi connectivity index (χ2n) is 7.68. The predicted octanol–water partition coefficient (Wildman–Crippen LogP) is 5.55. The fraction of sp³-hybridized carbons (Fsp3) is 0.192.